The predicted octanol–water partition coefficient (Wildman–Crippen LogP) is 4.42. The molecule has 0 fully saturated rings. The number of benzene rings is 3. The molecule has 1 heterocycles. The van der Waals surface area contributed by atoms with Crippen LogP contribution in [-0.2, 0) is 0 Å². The van der Waals surface area contributed by atoms with Crippen LogP contribution in [0.25, 0.3) is 11.1 Å². The third-order valence-corrected chi connectivity index (χ3v) is 4.80. The lowest BCUT2D eigenvalue weighted by Gasteiger charge is -2.12. The largest absolute Gasteiger partial charge is 0.454 e. The smallest absolute Gasteiger partial charge is 0.231 e. The Morgan fingerprint density at radius 3 is 2.04 bits per heavy atom. The molecular weight excluding hydrogens is 312 g/mol. The van der Waals surface area contributed by atoms with Crippen molar-refractivity contribution >= 4 is 11.1 Å². The number of fused-ring (bicyclic) bond motifs is 2. The summed E-state index contributed by atoms with van der Waals surface area (Å²) in [5.74, 6) is 1.42. The zero-order chi connectivity index (χ0) is 16.8. The Morgan fingerprint density at radius 2 is 1.36 bits per heavy atom. The quantitative estimate of drug-likeness (QED) is 0.757. The summed E-state index contributed by atoms with van der Waals surface area (Å²) in [5, 5.41) is 11.1. The first kappa shape index (κ1) is 14.3. The molecule has 2 aliphatic rings. The highest BCUT2D eigenvalue weighted by Gasteiger charge is 2.34. The van der Waals surface area contributed by atoms with Crippen LogP contribution >= 0.6 is 0 Å². The molecule has 0 aromatic heterocycles. The molecule has 0 saturated carbocycles. The van der Waals surface area contributed by atoms with Gasteiger partial charge >= 0.3 is 0 Å². The third-order valence-electron chi connectivity index (χ3n) is 4.80. The lowest BCUT2D eigenvalue weighted by molar-refractivity contribution is 0.173. The van der Waals surface area contributed by atoms with Crippen molar-refractivity contribution in [2.45, 2.75) is 6.10 Å². The molecule has 1 aliphatic heterocycles. The first-order chi connectivity index (χ1) is 12.3. The van der Waals surface area contributed by atoms with Gasteiger partial charge in [-0.25, -0.2) is 0 Å². The van der Waals surface area contributed by atoms with E-state index in [1.54, 1.807) is 0 Å². The second-order valence-electron chi connectivity index (χ2n) is 6.22. The van der Waals surface area contributed by atoms with Gasteiger partial charge in [0.05, 0.1) is 0 Å². The molecule has 1 unspecified atom stereocenters. The zero-order valence-corrected chi connectivity index (χ0v) is 13.5. The van der Waals surface area contributed by atoms with E-state index in [0.717, 1.165) is 39.1 Å². The van der Waals surface area contributed by atoms with Crippen molar-refractivity contribution < 1.29 is 14.6 Å². The van der Waals surface area contributed by atoms with E-state index in [1.165, 1.54) is 0 Å². The minimum atomic E-state index is -0.692. The van der Waals surface area contributed by atoms with Crippen LogP contribution in [0.1, 0.15) is 28.4 Å². The number of hydrogen-bond donors (Lipinski definition) is 1. The average molecular weight is 328 g/mol. The van der Waals surface area contributed by atoms with E-state index >= 15 is 0 Å². The summed E-state index contributed by atoms with van der Waals surface area (Å²) < 4.78 is 11.1. The molecule has 3 nitrogen and oxygen atoms in total. The number of aliphatic hydroxyl groups is 1. The molecule has 25 heavy (non-hydrogen) atoms. The van der Waals surface area contributed by atoms with Crippen LogP contribution < -0.4 is 9.47 Å². The minimum absolute atomic E-state index is 0.226. The molecule has 122 valence electrons. The van der Waals surface area contributed by atoms with Gasteiger partial charge in [-0.3, -0.25) is 0 Å². The number of ether oxygens (including phenoxy) is 2. The summed E-state index contributed by atoms with van der Waals surface area (Å²) in [6.45, 7) is 0.226. The molecule has 0 amide bonds. The molecule has 5 rings (SSSR count). The lowest BCUT2D eigenvalue weighted by Crippen LogP contribution is -1.97. The second-order valence-corrected chi connectivity index (χ2v) is 6.22. The maximum absolute atomic E-state index is 11.1. The highest BCUT2D eigenvalue weighted by atomic mass is 16.7. The van der Waals surface area contributed by atoms with Gasteiger partial charge in [0, 0.05) is 5.57 Å². The third kappa shape index (κ3) is 2.17. The van der Waals surface area contributed by atoms with Gasteiger partial charge in [-0.2, -0.15) is 0 Å². The number of aliphatic hydroxyl groups excluding tert-OH is 1. The Balaban J connectivity index is 1.80. The number of hydrogen-bond acceptors (Lipinski definition) is 3. The van der Waals surface area contributed by atoms with Crippen LogP contribution in [0.2, 0.25) is 0 Å². The van der Waals surface area contributed by atoms with Crippen LogP contribution in [-0.4, -0.2) is 11.9 Å². The van der Waals surface area contributed by atoms with E-state index in [9.17, 15) is 5.11 Å². The van der Waals surface area contributed by atoms with E-state index in [-0.39, 0.29) is 6.79 Å². The Kier molecular flexibility index (Phi) is 3.15. The van der Waals surface area contributed by atoms with Gasteiger partial charge in [0.1, 0.15) is 6.10 Å². The fourth-order valence-electron chi connectivity index (χ4n) is 3.67. The molecule has 0 radical (unpaired) electrons. The van der Waals surface area contributed by atoms with Crippen molar-refractivity contribution in [1.29, 1.82) is 0 Å². The highest BCUT2D eigenvalue weighted by molar-refractivity contribution is 6.05. The van der Waals surface area contributed by atoms with Crippen molar-refractivity contribution in [3.8, 4) is 11.5 Å². The topological polar surface area (TPSA) is 38.7 Å². The predicted molar refractivity (Wildman–Crippen MR) is 96.3 cm³/mol. The van der Waals surface area contributed by atoms with Crippen LogP contribution in [0.15, 0.2) is 72.8 Å². The molecule has 3 aromatic carbocycles. The van der Waals surface area contributed by atoms with Gasteiger partial charge in [0.2, 0.25) is 6.79 Å². The van der Waals surface area contributed by atoms with Crippen molar-refractivity contribution in [3.05, 3.63) is 95.1 Å². The summed E-state index contributed by atoms with van der Waals surface area (Å²) in [6.07, 6.45) is -0.692. The van der Waals surface area contributed by atoms with Gasteiger partial charge in [-0.05, 0) is 40.0 Å². The Bertz CT molecular complexity index is 975. The lowest BCUT2D eigenvalue weighted by atomic mass is 9.94. The van der Waals surface area contributed by atoms with Crippen LogP contribution in [0, 0.1) is 0 Å². The van der Waals surface area contributed by atoms with E-state index in [1.807, 2.05) is 60.7 Å². The van der Waals surface area contributed by atoms with E-state index < -0.39 is 6.10 Å². The Morgan fingerprint density at radius 1 is 0.760 bits per heavy atom. The summed E-state index contributed by atoms with van der Waals surface area (Å²) in [6, 6.07) is 24.1. The summed E-state index contributed by atoms with van der Waals surface area (Å²) in [5.41, 5.74) is 5.94. The van der Waals surface area contributed by atoms with Gasteiger partial charge in [0.15, 0.2) is 11.5 Å². The number of rotatable bonds is 2. The maximum Gasteiger partial charge on any atom is 0.231 e. The highest BCUT2D eigenvalue weighted by Crippen LogP contribution is 2.51. The van der Waals surface area contributed by atoms with Crippen molar-refractivity contribution in [2.24, 2.45) is 0 Å². The molecule has 3 heteroatoms. The average Bonchev–Trinajstić information content (AvgIpc) is 3.23. The minimum Gasteiger partial charge on any atom is -0.454 e. The van der Waals surface area contributed by atoms with Crippen LogP contribution in [0.3, 0.4) is 0 Å². The van der Waals surface area contributed by atoms with E-state index in [0.29, 0.717) is 5.75 Å². The van der Waals surface area contributed by atoms with Gasteiger partial charge in [-0.1, -0.05) is 60.7 Å². The fraction of sp³-hybridized carbons (Fsp3) is 0.0909. The molecule has 3 aromatic rings. The molecule has 1 N–H and O–H groups in total. The summed E-state index contributed by atoms with van der Waals surface area (Å²) in [7, 11) is 0. The van der Waals surface area contributed by atoms with Gasteiger partial charge in [0.25, 0.3) is 0 Å². The van der Waals surface area contributed by atoms with Crippen LogP contribution in [0.5, 0.6) is 11.5 Å². The molecule has 0 spiro atoms. The monoisotopic (exact) mass is 328 g/mol. The second kappa shape index (κ2) is 5.50. The first-order valence-corrected chi connectivity index (χ1v) is 8.30. The standard InChI is InChI=1S/C22H16O3/c23-22-17-12-19-18(24-13-25-19)11-16(17)20(14-7-3-1-4-8-14)21(22)15-9-5-2-6-10-15/h1-12,22-23H,13H2. The Labute approximate surface area is 145 Å². The van der Waals surface area contributed by atoms with Crippen LogP contribution in [0.4, 0.5) is 0 Å². The van der Waals surface area contributed by atoms with Gasteiger partial charge in [-0.15, -0.1) is 0 Å². The Hall–Kier alpha value is -3.04. The van der Waals surface area contributed by atoms with Crippen molar-refractivity contribution in [2.75, 3.05) is 6.79 Å². The summed E-state index contributed by atoms with van der Waals surface area (Å²) in [4.78, 5) is 0. The molecule has 1 atom stereocenters. The maximum atomic E-state index is 11.1. The fourth-order valence-corrected chi connectivity index (χ4v) is 3.67. The van der Waals surface area contributed by atoms with Crippen molar-refractivity contribution in [1.82, 2.24) is 0 Å². The normalized spacial score (nSPS) is 17.7. The van der Waals surface area contributed by atoms with E-state index in [4.69, 9.17) is 9.47 Å². The zero-order valence-electron chi connectivity index (χ0n) is 13.5. The molecule has 1 aliphatic carbocycles. The van der Waals surface area contributed by atoms with Gasteiger partial charge < -0.3 is 14.6 Å². The molecule has 0 saturated heterocycles. The van der Waals surface area contributed by atoms with E-state index in [2.05, 4.69) is 12.1 Å². The SMILES string of the molecule is OC1C(c2ccccc2)=C(c2ccccc2)c2cc3c(cc21)OCO3. The molecule has 0 bridgehead atoms. The molecular formula is C22H16O3. The summed E-state index contributed by atoms with van der Waals surface area (Å²) >= 11 is 0. The van der Waals surface area contributed by atoms with Crippen molar-refractivity contribution in [3.63, 3.8) is 0 Å². The first-order valence-electron chi connectivity index (χ1n) is 8.30.